The molecule has 90 valence electrons. The summed E-state index contributed by atoms with van der Waals surface area (Å²) in [7, 11) is 0. The Kier molecular flexibility index (Phi) is 4.05. The zero-order valence-electron chi connectivity index (χ0n) is 9.58. The molecule has 2 rings (SSSR count). The fraction of sp³-hybridized carbons (Fsp3) is 0.0714. The summed E-state index contributed by atoms with van der Waals surface area (Å²) in [6.07, 6.45) is 0. The normalized spacial score (nSPS) is 10.1. The highest BCUT2D eigenvalue weighted by molar-refractivity contribution is 9.10. The maximum atomic E-state index is 13.5. The number of aryl methyl sites for hydroxylation is 1. The number of rotatable bonds is 2. The number of nitriles is 1. The third-order valence-electron chi connectivity index (χ3n) is 2.33. The van der Waals surface area contributed by atoms with Crippen LogP contribution in [0.15, 0.2) is 50.7 Å². The molecule has 0 aliphatic carbocycles. The van der Waals surface area contributed by atoms with Gasteiger partial charge in [-0.3, -0.25) is 0 Å². The van der Waals surface area contributed by atoms with E-state index in [4.69, 9.17) is 5.26 Å². The van der Waals surface area contributed by atoms with Crippen molar-refractivity contribution in [1.29, 1.82) is 5.26 Å². The van der Waals surface area contributed by atoms with Crippen LogP contribution < -0.4 is 0 Å². The molecule has 0 unspecified atom stereocenters. The zero-order valence-corrected chi connectivity index (χ0v) is 12.0. The number of hydrogen-bond acceptors (Lipinski definition) is 2. The maximum Gasteiger partial charge on any atom is 0.142 e. The minimum absolute atomic E-state index is 0.0973. The zero-order chi connectivity index (χ0) is 13.1. The molecule has 0 aromatic heterocycles. The lowest BCUT2D eigenvalue weighted by Crippen LogP contribution is -1.87. The second-order valence-electron chi connectivity index (χ2n) is 3.79. The molecule has 0 N–H and O–H groups in total. The van der Waals surface area contributed by atoms with Crippen LogP contribution in [-0.4, -0.2) is 0 Å². The molecule has 0 fully saturated rings. The SMILES string of the molecule is Cc1cc(Br)cc(Sc2cccc(F)c2C#N)c1. The van der Waals surface area contributed by atoms with Gasteiger partial charge in [0, 0.05) is 14.3 Å². The van der Waals surface area contributed by atoms with E-state index in [-0.39, 0.29) is 5.56 Å². The Hall–Kier alpha value is -1.31. The molecule has 0 atom stereocenters. The van der Waals surface area contributed by atoms with Crippen LogP contribution in [0, 0.1) is 24.1 Å². The topological polar surface area (TPSA) is 23.8 Å². The van der Waals surface area contributed by atoms with Crippen LogP contribution in [0.3, 0.4) is 0 Å². The van der Waals surface area contributed by atoms with Crippen molar-refractivity contribution >= 4 is 27.7 Å². The molecule has 0 amide bonds. The van der Waals surface area contributed by atoms with Crippen molar-refractivity contribution in [2.75, 3.05) is 0 Å². The van der Waals surface area contributed by atoms with Crippen LogP contribution in [0.1, 0.15) is 11.1 Å². The van der Waals surface area contributed by atoms with Crippen LogP contribution in [0.25, 0.3) is 0 Å². The van der Waals surface area contributed by atoms with Crippen molar-refractivity contribution in [3.63, 3.8) is 0 Å². The molecule has 18 heavy (non-hydrogen) atoms. The number of benzene rings is 2. The molecule has 0 heterocycles. The summed E-state index contributed by atoms with van der Waals surface area (Å²) in [5.74, 6) is -0.478. The Balaban J connectivity index is 2.40. The molecular weight excluding hydrogens is 313 g/mol. The number of halogens is 2. The van der Waals surface area contributed by atoms with Crippen molar-refractivity contribution in [3.05, 3.63) is 57.8 Å². The molecule has 0 aliphatic heterocycles. The Morgan fingerprint density at radius 3 is 2.72 bits per heavy atom. The lowest BCUT2D eigenvalue weighted by atomic mass is 10.2. The summed E-state index contributed by atoms with van der Waals surface area (Å²) < 4.78 is 14.4. The predicted octanol–water partition coefficient (Wildman–Crippen LogP) is 4.92. The minimum atomic E-state index is -0.478. The van der Waals surface area contributed by atoms with Crippen LogP contribution >= 0.6 is 27.7 Å². The van der Waals surface area contributed by atoms with Gasteiger partial charge in [-0.05, 0) is 42.8 Å². The Morgan fingerprint density at radius 1 is 1.28 bits per heavy atom. The van der Waals surface area contributed by atoms with Gasteiger partial charge in [0.2, 0.25) is 0 Å². The van der Waals surface area contributed by atoms with E-state index in [9.17, 15) is 4.39 Å². The van der Waals surface area contributed by atoms with E-state index in [0.29, 0.717) is 4.90 Å². The minimum Gasteiger partial charge on any atom is -0.206 e. The van der Waals surface area contributed by atoms with Crippen molar-refractivity contribution in [1.82, 2.24) is 0 Å². The van der Waals surface area contributed by atoms with Gasteiger partial charge in [-0.2, -0.15) is 5.26 Å². The summed E-state index contributed by atoms with van der Waals surface area (Å²) in [5.41, 5.74) is 1.21. The smallest absolute Gasteiger partial charge is 0.142 e. The van der Waals surface area contributed by atoms with E-state index < -0.39 is 5.82 Å². The first-order valence-corrected chi connectivity index (χ1v) is 6.85. The second kappa shape index (κ2) is 5.55. The Morgan fingerprint density at radius 2 is 2.06 bits per heavy atom. The fourth-order valence-electron chi connectivity index (χ4n) is 1.59. The first kappa shape index (κ1) is 13.1. The number of nitrogens with zero attached hydrogens (tertiary/aromatic N) is 1. The lowest BCUT2D eigenvalue weighted by molar-refractivity contribution is 0.620. The summed E-state index contributed by atoms with van der Waals surface area (Å²) in [6.45, 7) is 1.99. The second-order valence-corrected chi connectivity index (χ2v) is 5.82. The third kappa shape index (κ3) is 2.92. The molecule has 0 aliphatic rings. The summed E-state index contributed by atoms with van der Waals surface area (Å²) in [4.78, 5) is 1.61. The largest absolute Gasteiger partial charge is 0.206 e. The predicted molar refractivity (Wildman–Crippen MR) is 74.1 cm³/mol. The van der Waals surface area contributed by atoms with Crippen LogP contribution in [0.2, 0.25) is 0 Å². The van der Waals surface area contributed by atoms with Gasteiger partial charge in [-0.15, -0.1) is 0 Å². The van der Waals surface area contributed by atoms with Crippen molar-refractivity contribution in [2.45, 2.75) is 16.7 Å². The Bertz CT molecular complexity index is 614. The van der Waals surface area contributed by atoms with E-state index in [1.54, 1.807) is 12.1 Å². The van der Waals surface area contributed by atoms with Gasteiger partial charge >= 0.3 is 0 Å². The maximum absolute atomic E-state index is 13.5. The lowest BCUT2D eigenvalue weighted by Gasteiger charge is -2.06. The molecule has 2 aromatic rings. The van der Waals surface area contributed by atoms with Gasteiger partial charge in [0.25, 0.3) is 0 Å². The molecule has 1 nitrogen and oxygen atoms in total. The molecule has 0 saturated carbocycles. The van der Waals surface area contributed by atoms with E-state index in [0.717, 1.165) is 14.9 Å². The molecule has 4 heteroatoms. The van der Waals surface area contributed by atoms with Crippen molar-refractivity contribution in [2.24, 2.45) is 0 Å². The van der Waals surface area contributed by atoms with Crippen molar-refractivity contribution in [3.8, 4) is 6.07 Å². The highest BCUT2D eigenvalue weighted by Crippen LogP contribution is 2.33. The van der Waals surface area contributed by atoms with Gasteiger partial charge < -0.3 is 0 Å². The van der Waals surface area contributed by atoms with E-state index >= 15 is 0 Å². The Labute approximate surface area is 118 Å². The number of hydrogen-bond donors (Lipinski definition) is 0. The first-order chi connectivity index (χ1) is 8.60. The molecular formula is C14H9BrFNS. The summed E-state index contributed by atoms with van der Waals surface area (Å²) in [6, 6.07) is 12.5. The fourth-order valence-corrected chi connectivity index (χ4v) is 3.42. The average molecular weight is 322 g/mol. The molecule has 0 saturated heterocycles. The summed E-state index contributed by atoms with van der Waals surface area (Å²) in [5, 5.41) is 8.97. The van der Waals surface area contributed by atoms with Gasteiger partial charge in [-0.25, -0.2) is 4.39 Å². The van der Waals surface area contributed by atoms with Gasteiger partial charge in [-0.1, -0.05) is 33.8 Å². The standard InChI is InChI=1S/C14H9BrFNS/c1-9-5-10(15)7-11(6-9)18-14-4-2-3-13(16)12(14)8-17/h2-7H,1H3. The highest BCUT2D eigenvalue weighted by atomic mass is 79.9. The van der Waals surface area contributed by atoms with Gasteiger partial charge in [0.1, 0.15) is 17.4 Å². The van der Waals surface area contributed by atoms with Crippen LogP contribution in [0.5, 0.6) is 0 Å². The molecule has 0 bridgehead atoms. The molecule has 0 radical (unpaired) electrons. The quantitative estimate of drug-likeness (QED) is 0.783. The third-order valence-corrected chi connectivity index (χ3v) is 3.82. The molecule has 2 aromatic carbocycles. The van der Waals surface area contributed by atoms with E-state index in [1.807, 2.05) is 31.2 Å². The summed E-state index contributed by atoms with van der Waals surface area (Å²) >= 11 is 4.81. The average Bonchev–Trinajstić information content (AvgIpc) is 2.27. The van der Waals surface area contributed by atoms with E-state index in [2.05, 4.69) is 15.9 Å². The van der Waals surface area contributed by atoms with E-state index in [1.165, 1.54) is 17.8 Å². The first-order valence-electron chi connectivity index (χ1n) is 5.24. The van der Waals surface area contributed by atoms with Gasteiger partial charge in [0.15, 0.2) is 0 Å². The molecule has 0 spiro atoms. The highest BCUT2D eigenvalue weighted by Gasteiger charge is 2.09. The van der Waals surface area contributed by atoms with Crippen LogP contribution in [0.4, 0.5) is 4.39 Å². The van der Waals surface area contributed by atoms with Crippen molar-refractivity contribution < 1.29 is 4.39 Å². The van der Waals surface area contributed by atoms with Crippen LogP contribution in [-0.2, 0) is 0 Å². The monoisotopic (exact) mass is 321 g/mol. The van der Waals surface area contributed by atoms with Gasteiger partial charge in [0.05, 0.1) is 0 Å².